The molecule has 128 valence electrons. The van der Waals surface area contributed by atoms with E-state index in [9.17, 15) is 4.79 Å². The smallest absolute Gasteiger partial charge is 0.338 e. The maximum absolute atomic E-state index is 12.1. The SMILES string of the molecule is Cl.O=C(OC1CCN(Cc2ccccc2)CC1)c1cccc(Cl)c1. The molecule has 2 aromatic rings. The fourth-order valence-electron chi connectivity index (χ4n) is 2.86. The van der Waals surface area contributed by atoms with E-state index in [-0.39, 0.29) is 24.5 Å². The number of halogens is 2. The Kier molecular flexibility index (Phi) is 7.10. The molecule has 1 aliphatic heterocycles. The molecular weight excluding hydrogens is 345 g/mol. The van der Waals surface area contributed by atoms with Crippen molar-refractivity contribution >= 4 is 30.0 Å². The summed E-state index contributed by atoms with van der Waals surface area (Å²) in [6.07, 6.45) is 1.74. The molecule has 0 unspecified atom stereocenters. The van der Waals surface area contributed by atoms with E-state index in [1.54, 1.807) is 24.3 Å². The van der Waals surface area contributed by atoms with Crippen molar-refractivity contribution in [2.24, 2.45) is 0 Å². The molecule has 1 heterocycles. The lowest BCUT2D eigenvalue weighted by Crippen LogP contribution is -2.37. The molecule has 1 fully saturated rings. The molecule has 2 aromatic carbocycles. The number of hydrogen-bond acceptors (Lipinski definition) is 3. The topological polar surface area (TPSA) is 29.5 Å². The molecule has 0 aliphatic carbocycles. The summed E-state index contributed by atoms with van der Waals surface area (Å²) in [4.78, 5) is 14.5. The summed E-state index contributed by atoms with van der Waals surface area (Å²) in [7, 11) is 0. The highest BCUT2D eigenvalue weighted by Crippen LogP contribution is 2.19. The van der Waals surface area contributed by atoms with Gasteiger partial charge in [0.05, 0.1) is 5.56 Å². The fraction of sp³-hybridized carbons (Fsp3) is 0.316. The standard InChI is InChI=1S/C19H20ClNO2.ClH/c20-17-8-4-7-16(13-17)19(22)23-18-9-11-21(12-10-18)14-15-5-2-1-3-6-15;/h1-8,13,18H,9-12,14H2;1H. The third kappa shape index (κ3) is 5.23. The predicted molar refractivity (Wildman–Crippen MR) is 98.9 cm³/mol. The van der Waals surface area contributed by atoms with Gasteiger partial charge >= 0.3 is 5.97 Å². The zero-order valence-electron chi connectivity index (χ0n) is 13.4. The Morgan fingerprint density at radius 2 is 1.79 bits per heavy atom. The second-order valence-electron chi connectivity index (χ2n) is 5.88. The Hall–Kier alpha value is -1.55. The van der Waals surface area contributed by atoms with Crippen LogP contribution in [0.15, 0.2) is 54.6 Å². The highest BCUT2D eigenvalue weighted by molar-refractivity contribution is 6.30. The molecule has 0 N–H and O–H groups in total. The van der Waals surface area contributed by atoms with Gasteiger partial charge in [-0.05, 0) is 36.6 Å². The Morgan fingerprint density at radius 1 is 1.08 bits per heavy atom. The maximum atomic E-state index is 12.1. The van der Waals surface area contributed by atoms with Crippen LogP contribution in [0.4, 0.5) is 0 Å². The molecule has 0 saturated carbocycles. The number of likely N-dealkylation sites (tertiary alicyclic amines) is 1. The van der Waals surface area contributed by atoms with Gasteiger partial charge in [-0.2, -0.15) is 0 Å². The Bertz CT molecular complexity index is 655. The maximum Gasteiger partial charge on any atom is 0.338 e. The fourth-order valence-corrected chi connectivity index (χ4v) is 3.05. The van der Waals surface area contributed by atoms with E-state index in [1.807, 2.05) is 6.07 Å². The molecule has 1 saturated heterocycles. The van der Waals surface area contributed by atoms with E-state index in [4.69, 9.17) is 16.3 Å². The second kappa shape index (κ2) is 9.07. The van der Waals surface area contributed by atoms with Crippen molar-refractivity contribution in [3.8, 4) is 0 Å². The van der Waals surface area contributed by atoms with Crippen molar-refractivity contribution < 1.29 is 9.53 Å². The minimum atomic E-state index is -0.283. The molecule has 0 amide bonds. The summed E-state index contributed by atoms with van der Waals surface area (Å²) >= 11 is 5.91. The van der Waals surface area contributed by atoms with E-state index in [0.29, 0.717) is 10.6 Å². The van der Waals surface area contributed by atoms with Gasteiger partial charge < -0.3 is 4.74 Å². The first-order valence-electron chi connectivity index (χ1n) is 7.93. The van der Waals surface area contributed by atoms with Gasteiger partial charge in [-0.25, -0.2) is 4.79 Å². The van der Waals surface area contributed by atoms with E-state index >= 15 is 0 Å². The highest BCUT2D eigenvalue weighted by atomic mass is 35.5. The lowest BCUT2D eigenvalue weighted by Gasteiger charge is -2.31. The average molecular weight is 366 g/mol. The normalized spacial score (nSPS) is 15.5. The molecule has 3 rings (SSSR count). The molecule has 1 aliphatic rings. The Balaban J connectivity index is 0.00000208. The van der Waals surface area contributed by atoms with Crippen LogP contribution in [0.25, 0.3) is 0 Å². The third-order valence-electron chi connectivity index (χ3n) is 4.12. The van der Waals surface area contributed by atoms with Crippen LogP contribution in [0.3, 0.4) is 0 Å². The first-order chi connectivity index (χ1) is 11.2. The number of piperidine rings is 1. The highest BCUT2D eigenvalue weighted by Gasteiger charge is 2.22. The summed E-state index contributed by atoms with van der Waals surface area (Å²) in [6, 6.07) is 17.3. The summed E-state index contributed by atoms with van der Waals surface area (Å²) in [5, 5.41) is 0.553. The summed E-state index contributed by atoms with van der Waals surface area (Å²) in [6.45, 7) is 2.85. The van der Waals surface area contributed by atoms with Gasteiger partial charge in [0.1, 0.15) is 6.10 Å². The Morgan fingerprint density at radius 3 is 2.46 bits per heavy atom. The Labute approximate surface area is 154 Å². The van der Waals surface area contributed by atoms with Gasteiger partial charge in [-0.15, -0.1) is 12.4 Å². The number of carbonyl (C=O) groups excluding carboxylic acids is 1. The van der Waals surface area contributed by atoms with Crippen LogP contribution in [0, 0.1) is 0 Å². The number of rotatable bonds is 4. The molecule has 0 aromatic heterocycles. The molecule has 5 heteroatoms. The molecule has 0 bridgehead atoms. The number of hydrogen-bond donors (Lipinski definition) is 0. The van der Waals surface area contributed by atoms with Gasteiger partial charge in [0.25, 0.3) is 0 Å². The van der Waals surface area contributed by atoms with Crippen LogP contribution in [0.2, 0.25) is 5.02 Å². The summed E-state index contributed by atoms with van der Waals surface area (Å²) in [5.41, 5.74) is 1.84. The molecule has 0 radical (unpaired) electrons. The number of benzene rings is 2. The molecular formula is C19H21Cl2NO2. The van der Waals surface area contributed by atoms with E-state index in [0.717, 1.165) is 32.5 Å². The van der Waals surface area contributed by atoms with Gasteiger partial charge in [-0.3, -0.25) is 4.90 Å². The van der Waals surface area contributed by atoms with Gasteiger partial charge in [-0.1, -0.05) is 48.0 Å². The van der Waals surface area contributed by atoms with E-state index < -0.39 is 0 Å². The van der Waals surface area contributed by atoms with Crippen LogP contribution >= 0.6 is 24.0 Å². The van der Waals surface area contributed by atoms with E-state index in [1.165, 1.54) is 5.56 Å². The number of carbonyl (C=O) groups is 1. The van der Waals surface area contributed by atoms with Crippen LogP contribution in [-0.4, -0.2) is 30.1 Å². The van der Waals surface area contributed by atoms with Crippen LogP contribution in [0.1, 0.15) is 28.8 Å². The number of nitrogens with zero attached hydrogens (tertiary/aromatic N) is 1. The van der Waals surface area contributed by atoms with Crippen LogP contribution in [-0.2, 0) is 11.3 Å². The lowest BCUT2D eigenvalue weighted by molar-refractivity contribution is 0.0104. The van der Waals surface area contributed by atoms with Crippen molar-refractivity contribution in [2.45, 2.75) is 25.5 Å². The monoisotopic (exact) mass is 365 g/mol. The summed E-state index contributed by atoms with van der Waals surface area (Å²) in [5.74, 6) is -0.283. The minimum Gasteiger partial charge on any atom is -0.459 e. The predicted octanol–water partition coefficient (Wildman–Crippen LogP) is 4.58. The van der Waals surface area contributed by atoms with Crippen molar-refractivity contribution in [1.82, 2.24) is 4.90 Å². The lowest BCUT2D eigenvalue weighted by atomic mass is 10.1. The molecule has 0 spiro atoms. The minimum absolute atomic E-state index is 0. The third-order valence-corrected chi connectivity index (χ3v) is 4.35. The number of ether oxygens (including phenoxy) is 1. The van der Waals surface area contributed by atoms with Crippen molar-refractivity contribution in [3.05, 3.63) is 70.7 Å². The zero-order chi connectivity index (χ0) is 16.1. The average Bonchev–Trinajstić information content (AvgIpc) is 2.57. The zero-order valence-corrected chi connectivity index (χ0v) is 14.9. The first-order valence-corrected chi connectivity index (χ1v) is 8.31. The largest absolute Gasteiger partial charge is 0.459 e. The van der Waals surface area contributed by atoms with E-state index in [2.05, 4.69) is 29.2 Å². The molecule has 0 atom stereocenters. The quantitative estimate of drug-likeness (QED) is 0.742. The van der Waals surface area contributed by atoms with Gasteiger partial charge in [0, 0.05) is 24.7 Å². The molecule has 3 nitrogen and oxygen atoms in total. The first kappa shape index (κ1) is 18.8. The van der Waals surface area contributed by atoms with Crippen molar-refractivity contribution in [3.63, 3.8) is 0 Å². The van der Waals surface area contributed by atoms with Crippen molar-refractivity contribution in [1.29, 1.82) is 0 Å². The van der Waals surface area contributed by atoms with Crippen molar-refractivity contribution in [2.75, 3.05) is 13.1 Å². The van der Waals surface area contributed by atoms with Gasteiger partial charge in [0.2, 0.25) is 0 Å². The number of esters is 1. The second-order valence-corrected chi connectivity index (χ2v) is 6.31. The van der Waals surface area contributed by atoms with Gasteiger partial charge in [0.15, 0.2) is 0 Å². The summed E-state index contributed by atoms with van der Waals surface area (Å²) < 4.78 is 5.61. The van der Waals surface area contributed by atoms with Crippen LogP contribution < -0.4 is 0 Å². The molecule has 24 heavy (non-hydrogen) atoms. The van der Waals surface area contributed by atoms with Crippen LogP contribution in [0.5, 0.6) is 0 Å².